The first kappa shape index (κ1) is 17.8. The average Bonchev–Trinajstić information content (AvgIpc) is 2.68. The topological polar surface area (TPSA) is 60.5 Å². The zero-order valence-corrected chi connectivity index (χ0v) is 15.1. The Bertz CT molecular complexity index is 686. The molecule has 0 atom stereocenters. The second-order valence-electron chi connectivity index (χ2n) is 5.98. The third-order valence-corrected chi connectivity index (χ3v) is 5.79. The molecule has 0 unspecified atom stereocenters. The number of rotatable bonds is 6. The van der Waals surface area contributed by atoms with Gasteiger partial charge in [-0.15, -0.1) is 0 Å². The van der Waals surface area contributed by atoms with E-state index in [-0.39, 0.29) is 10.7 Å². The van der Waals surface area contributed by atoms with Gasteiger partial charge in [-0.05, 0) is 37.3 Å². The highest BCUT2D eigenvalue weighted by molar-refractivity contribution is 8.00. The Morgan fingerprint density at radius 1 is 1.24 bits per heavy atom. The molecule has 2 heterocycles. The van der Waals surface area contributed by atoms with Crippen LogP contribution in [0, 0.1) is 0 Å². The molecular formula is C19H22N2O3S. The van der Waals surface area contributed by atoms with Gasteiger partial charge < -0.3 is 14.8 Å². The number of carbonyl (C=O) groups excluding carboxylic acids is 1. The Morgan fingerprint density at radius 2 is 2.00 bits per heavy atom. The molecule has 5 nitrogen and oxygen atoms in total. The largest absolute Gasteiger partial charge is 0.439 e. The maximum atomic E-state index is 12.4. The number of aromatic nitrogens is 1. The molecule has 1 aliphatic heterocycles. The lowest BCUT2D eigenvalue weighted by Crippen LogP contribution is -2.44. The van der Waals surface area contributed by atoms with Gasteiger partial charge in [-0.1, -0.05) is 18.2 Å². The van der Waals surface area contributed by atoms with Crippen molar-refractivity contribution in [2.45, 2.75) is 17.6 Å². The van der Waals surface area contributed by atoms with Gasteiger partial charge in [-0.3, -0.25) is 4.79 Å². The quantitative estimate of drug-likeness (QED) is 0.856. The molecule has 25 heavy (non-hydrogen) atoms. The molecule has 1 fully saturated rings. The first-order valence-electron chi connectivity index (χ1n) is 8.31. The van der Waals surface area contributed by atoms with Gasteiger partial charge in [0.25, 0.3) is 5.91 Å². The van der Waals surface area contributed by atoms with Crippen LogP contribution in [0.2, 0.25) is 0 Å². The first-order valence-corrected chi connectivity index (χ1v) is 9.53. The summed E-state index contributed by atoms with van der Waals surface area (Å²) in [5.74, 6) is 1.07. The lowest BCUT2D eigenvalue weighted by molar-refractivity contribution is 0.0742. The molecule has 0 bridgehead atoms. The summed E-state index contributed by atoms with van der Waals surface area (Å²) in [5, 5.41) is 3.03. The summed E-state index contributed by atoms with van der Waals surface area (Å²) in [6.45, 7) is 2.15. The van der Waals surface area contributed by atoms with E-state index in [1.165, 1.54) is 0 Å². The number of amides is 1. The van der Waals surface area contributed by atoms with Crippen LogP contribution in [0.1, 0.15) is 23.2 Å². The van der Waals surface area contributed by atoms with Gasteiger partial charge in [0, 0.05) is 36.8 Å². The number of nitrogens with zero attached hydrogens (tertiary/aromatic N) is 1. The fourth-order valence-electron chi connectivity index (χ4n) is 2.72. The van der Waals surface area contributed by atoms with Crippen molar-refractivity contribution in [3.63, 3.8) is 0 Å². The Kier molecular flexibility index (Phi) is 5.94. The monoisotopic (exact) mass is 358 g/mol. The van der Waals surface area contributed by atoms with Crippen molar-refractivity contribution < 1.29 is 14.3 Å². The number of ether oxygens (including phenoxy) is 2. The number of hydrogen-bond acceptors (Lipinski definition) is 5. The molecule has 1 aromatic carbocycles. The van der Waals surface area contributed by atoms with Crippen LogP contribution in [-0.2, 0) is 4.74 Å². The van der Waals surface area contributed by atoms with Crippen molar-refractivity contribution in [2.75, 3.05) is 26.0 Å². The maximum Gasteiger partial charge on any atom is 0.252 e. The number of pyridine rings is 1. The summed E-state index contributed by atoms with van der Waals surface area (Å²) in [5.41, 5.74) is 0.531. The van der Waals surface area contributed by atoms with Crippen LogP contribution in [-0.4, -0.2) is 41.7 Å². The fraction of sp³-hybridized carbons (Fsp3) is 0.368. The Hall–Kier alpha value is -2.05. The molecule has 2 aromatic rings. The summed E-state index contributed by atoms with van der Waals surface area (Å²) in [6, 6.07) is 12.9. The number of benzene rings is 1. The highest BCUT2D eigenvalue weighted by Gasteiger charge is 2.32. The van der Waals surface area contributed by atoms with E-state index in [0.29, 0.717) is 23.7 Å². The van der Waals surface area contributed by atoms with E-state index in [2.05, 4.69) is 16.6 Å². The van der Waals surface area contributed by atoms with Crippen LogP contribution in [0.3, 0.4) is 0 Å². The van der Waals surface area contributed by atoms with E-state index in [9.17, 15) is 4.79 Å². The van der Waals surface area contributed by atoms with E-state index in [4.69, 9.17) is 9.47 Å². The van der Waals surface area contributed by atoms with Crippen molar-refractivity contribution in [3.05, 3.63) is 54.2 Å². The van der Waals surface area contributed by atoms with Gasteiger partial charge in [0.15, 0.2) is 0 Å². The summed E-state index contributed by atoms with van der Waals surface area (Å²) in [7, 11) is 0. The number of carbonyl (C=O) groups is 1. The highest BCUT2D eigenvalue weighted by atomic mass is 32.2. The predicted molar refractivity (Wildman–Crippen MR) is 99.4 cm³/mol. The molecule has 132 valence electrons. The molecule has 1 saturated heterocycles. The summed E-state index contributed by atoms with van der Waals surface area (Å²) < 4.78 is 11.1. The Morgan fingerprint density at radius 3 is 2.64 bits per heavy atom. The molecule has 1 aromatic heterocycles. The van der Waals surface area contributed by atoms with Crippen LogP contribution in [0.15, 0.2) is 48.7 Å². The third kappa shape index (κ3) is 4.74. The highest BCUT2D eigenvalue weighted by Crippen LogP contribution is 2.33. The number of para-hydroxylation sites is 1. The molecule has 0 spiro atoms. The van der Waals surface area contributed by atoms with Crippen molar-refractivity contribution in [3.8, 4) is 11.6 Å². The van der Waals surface area contributed by atoms with Crippen molar-refractivity contribution in [2.24, 2.45) is 0 Å². The lowest BCUT2D eigenvalue weighted by atomic mass is 9.99. The second-order valence-corrected chi connectivity index (χ2v) is 7.26. The third-order valence-electron chi connectivity index (χ3n) is 4.37. The second kappa shape index (κ2) is 8.36. The standard InChI is InChI=1S/C19H22N2O3S/c1-25-19(9-11-23-12-10-19)14-21-18(22)15-7-8-17(20-13-15)24-16-5-3-2-4-6-16/h2-8,13H,9-12,14H2,1H3,(H,21,22). The van der Waals surface area contributed by atoms with Crippen LogP contribution < -0.4 is 10.1 Å². The van der Waals surface area contributed by atoms with E-state index in [1.54, 1.807) is 30.1 Å². The molecule has 1 N–H and O–H groups in total. The van der Waals surface area contributed by atoms with Crippen LogP contribution >= 0.6 is 11.8 Å². The Balaban J connectivity index is 1.57. The van der Waals surface area contributed by atoms with Crippen molar-refractivity contribution in [1.82, 2.24) is 10.3 Å². The van der Waals surface area contributed by atoms with E-state index >= 15 is 0 Å². The SMILES string of the molecule is CSC1(CNC(=O)c2ccc(Oc3ccccc3)nc2)CCOCC1. The van der Waals surface area contributed by atoms with Crippen molar-refractivity contribution >= 4 is 17.7 Å². The van der Waals surface area contributed by atoms with Gasteiger partial charge in [-0.2, -0.15) is 11.8 Å². The molecule has 0 radical (unpaired) electrons. The Labute approximate surface area is 152 Å². The smallest absolute Gasteiger partial charge is 0.252 e. The zero-order valence-electron chi connectivity index (χ0n) is 14.2. The van der Waals surface area contributed by atoms with Crippen LogP contribution in [0.4, 0.5) is 0 Å². The average molecular weight is 358 g/mol. The molecule has 3 rings (SSSR count). The van der Waals surface area contributed by atoms with Gasteiger partial charge in [0.05, 0.1) is 5.56 Å². The fourth-order valence-corrected chi connectivity index (χ4v) is 3.52. The molecule has 6 heteroatoms. The maximum absolute atomic E-state index is 12.4. The normalized spacial score (nSPS) is 16.2. The molecule has 0 aliphatic carbocycles. The van der Waals surface area contributed by atoms with Gasteiger partial charge in [0.2, 0.25) is 5.88 Å². The van der Waals surface area contributed by atoms with E-state index in [0.717, 1.165) is 26.1 Å². The molecule has 1 aliphatic rings. The zero-order chi connectivity index (χ0) is 17.5. The first-order chi connectivity index (χ1) is 12.2. The minimum atomic E-state index is -0.112. The minimum absolute atomic E-state index is 0.0672. The van der Waals surface area contributed by atoms with Gasteiger partial charge in [-0.25, -0.2) is 4.98 Å². The number of thioether (sulfide) groups is 1. The molecular weight excluding hydrogens is 336 g/mol. The van der Waals surface area contributed by atoms with Crippen LogP contribution in [0.25, 0.3) is 0 Å². The van der Waals surface area contributed by atoms with Gasteiger partial charge in [0.1, 0.15) is 5.75 Å². The molecule has 1 amide bonds. The summed E-state index contributed by atoms with van der Waals surface area (Å²) in [6.07, 6.45) is 5.55. The molecule has 0 saturated carbocycles. The van der Waals surface area contributed by atoms with E-state index in [1.807, 2.05) is 30.3 Å². The minimum Gasteiger partial charge on any atom is -0.439 e. The number of nitrogens with one attached hydrogen (secondary N) is 1. The summed E-state index contributed by atoms with van der Waals surface area (Å²) in [4.78, 5) is 16.6. The number of hydrogen-bond donors (Lipinski definition) is 1. The lowest BCUT2D eigenvalue weighted by Gasteiger charge is -2.35. The van der Waals surface area contributed by atoms with Gasteiger partial charge >= 0.3 is 0 Å². The van der Waals surface area contributed by atoms with Crippen LogP contribution in [0.5, 0.6) is 11.6 Å². The van der Waals surface area contributed by atoms with E-state index < -0.39 is 0 Å². The summed E-state index contributed by atoms with van der Waals surface area (Å²) >= 11 is 1.80. The van der Waals surface area contributed by atoms with Crippen molar-refractivity contribution in [1.29, 1.82) is 0 Å². The predicted octanol–water partition coefficient (Wildman–Crippen LogP) is 3.52.